The second kappa shape index (κ2) is 4.50. The van der Waals surface area contributed by atoms with Crippen LogP contribution in [0.15, 0.2) is 48.5 Å². The summed E-state index contributed by atoms with van der Waals surface area (Å²) < 4.78 is 0. The van der Waals surface area contributed by atoms with Gasteiger partial charge in [0.05, 0.1) is 4.92 Å². The summed E-state index contributed by atoms with van der Waals surface area (Å²) in [6, 6.07) is 14.7. The topological polar surface area (TPSA) is 43.1 Å². The van der Waals surface area contributed by atoms with Crippen LogP contribution < -0.4 is 0 Å². The first kappa shape index (κ1) is 10.9. The van der Waals surface area contributed by atoms with Gasteiger partial charge in [-0.3, -0.25) is 10.1 Å². The first-order valence-electron chi connectivity index (χ1n) is 5.03. The molecule has 17 heavy (non-hydrogen) atoms. The third-order valence-electron chi connectivity index (χ3n) is 2.47. The smallest absolute Gasteiger partial charge is 0.258 e. The van der Waals surface area contributed by atoms with Crippen LogP contribution in [0, 0.1) is 22.5 Å². The van der Waals surface area contributed by atoms with E-state index in [-0.39, 0.29) is 5.69 Å². The molecule has 1 aromatic carbocycles. The Morgan fingerprint density at radius 2 is 1.53 bits per heavy atom. The summed E-state index contributed by atoms with van der Waals surface area (Å²) >= 11 is 0. The fourth-order valence-corrected chi connectivity index (χ4v) is 1.42. The summed E-state index contributed by atoms with van der Waals surface area (Å²) in [7, 11) is 0. The number of hydrogen-bond donors (Lipinski definition) is 0. The highest BCUT2D eigenvalue weighted by molar-refractivity contribution is 5.75. The van der Waals surface area contributed by atoms with Crippen LogP contribution in [0.2, 0.25) is 0 Å². The number of fused-ring (bicyclic) bond motifs is 1. The normalized spacial score (nSPS) is 9.59. The van der Waals surface area contributed by atoms with E-state index in [2.05, 4.69) is 30.2 Å². The van der Waals surface area contributed by atoms with Gasteiger partial charge in [-0.25, -0.2) is 0 Å². The largest absolute Gasteiger partial charge is 0.284 e. The Balaban J connectivity index is 0.000000148. The van der Waals surface area contributed by atoms with E-state index in [1.54, 1.807) is 12.1 Å². The van der Waals surface area contributed by atoms with Crippen molar-refractivity contribution in [3.8, 4) is 23.5 Å². The van der Waals surface area contributed by atoms with E-state index in [9.17, 15) is 10.1 Å². The number of para-hydroxylation sites is 1. The van der Waals surface area contributed by atoms with Crippen molar-refractivity contribution in [3.05, 3.63) is 64.2 Å². The van der Waals surface area contributed by atoms with Gasteiger partial charge in [0.2, 0.25) is 0 Å². The Kier molecular flexibility index (Phi) is 2.89. The van der Waals surface area contributed by atoms with E-state index in [1.807, 2.05) is 0 Å². The van der Waals surface area contributed by atoms with Gasteiger partial charge in [-0.05, 0) is 17.2 Å². The van der Waals surface area contributed by atoms with Crippen molar-refractivity contribution in [3.63, 3.8) is 0 Å². The van der Waals surface area contributed by atoms with Crippen molar-refractivity contribution in [1.29, 1.82) is 0 Å². The summed E-state index contributed by atoms with van der Waals surface area (Å²) in [5.41, 5.74) is 3.15. The minimum atomic E-state index is -0.491. The lowest BCUT2D eigenvalue weighted by atomic mass is 9.95. The van der Waals surface area contributed by atoms with Gasteiger partial charge in [-0.2, -0.15) is 0 Å². The molecule has 0 fully saturated rings. The van der Waals surface area contributed by atoms with Crippen molar-refractivity contribution < 1.29 is 4.92 Å². The van der Waals surface area contributed by atoms with Gasteiger partial charge in [0.15, 0.2) is 0 Å². The maximum Gasteiger partial charge on any atom is 0.284 e. The molecule has 0 unspecified atom stereocenters. The number of rotatable bonds is 1. The van der Waals surface area contributed by atoms with Gasteiger partial charge in [-0.1, -0.05) is 42.3 Å². The van der Waals surface area contributed by atoms with Crippen molar-refractivity contribution >= 4 is 5.69 Å². The highest BCUT2D eigenvalue weighted by atomic mass is 16.6. The molecule has 2 aliphatic rings. The molecule has 0 radical (unpaired) electrons. The molecular weight excluding hydrogens is 214 g/mol. The Morgan fingerprint density at radius 3 is 1.82 bits per heavy atom. The molecule has 0 N–H and O–H groups in total. The van der Waals surface area contributed by atoms with E-state index in [0.717, 1.165) is 0 Å². The number of nitrogens with zero attached hydrogens (tertiary/aromatic N) is 1. The van der Waals surface area contributed by atoms with Crippen molar-refractivity contribution in [2.24, 2.45) is 0 Å². The first-order chi connectivity index (χ1) is 8.22. The highest BCUT2D eigenvalue weighted by Crippen LogP contribution is 2.29. The molecule has 0 saturated carbocycles. The summed E-state index contributed by atoms with van der Waals surface area (Å²) in [6.45, 7) is 0. The van der Waals surface area contributed by atoms with E-state index >= 15 is 0 Å². The summed E-state index contributed by atoms with van der Waals surface area (Å²) in [5.74, 6) is 2.24. The fourth-order valence-electron chi connectivity index (χ4n) is 1.42. The number of benzene rings is 2. The van der Waals surface area contributed by atoms with E-state index in [1.165, 1.54) is 23.3 Å². The zero-order valence-electron chi connectivity index (χ0n) is 8.96. The third kappa shape index (κ3) is 2.16. The lowest BCUT2D eigenvalue weighted by molar-refractivity contribution is -0.385. The van der Waals surface area contributed by atoms with Crippen LogP contribution in [0.25, 0.3) is 11.1 Å². The van der Waals surface area contributed by atoms with Crippen LogP contribution >= 0.6 is 0 Å². The molecule has 2 aliphatic carbocycles. The maximum absolute atomic E-state index is 10.3. The number of terminal acetylenes is 1. The van der Waals surface area contributed by atoms with Crippen LogP contribution in [-0.2, 0) is 0 Å². The van der Waals surface area contributed by atoms with E-state index < -0.39 is 4.92 Å². The van der Waals surface area contributed by atoms with Crippen LogP contribution in [-0.4, -0.2) is 4.92 Å². The molecule has 3 rings (SSSR count). The van der Waals surface area contributed by atoms with Gasteiger partial charge in [0.1, 0.15) is 5.56 Å². The Morgan fingerprint density at radius 1 is 1.00 bits per heavy atom. The Bertz CT molecular complexity index is 573. The molecule has 0 aromatic heterocycles. The zero-order chi connectivity index (χ0) is 12.3. The summed E-state index contributed by atoms with van der Waals surface area (Å²) in [6.07, 6.45) is 5.03. The lowest BCUT2D eigenvalue weighted by Crippen LogP contribution is -1.90. The standard InChI is InChI=1S/C8H5NO2.C6H4/c1-2-7-5-3-4-6-8(7)9(10)11;1-2-6-4-3-5(1)6/h1,3-6H;1-4H. The molecular formula is C14H9NO2. The van der Waals surface area contributed by atoms with Crippen molar-refractivity contribution in [2.75, 3.05) is 0 Å². The second-order valence-electron chi connectivity index (χ2n) is 3.50. The van der Waals surface area contributed by atoms with Gasteiger partial charge >= 0.3 is 0 Å². The van der Waals surface area contributed by atoms with Crippen molar-refractivity contribution in [1.82, 2.24) is 0 Å². The van der Waals surface area contributed by atoms with E-state index in [0.29, 0.717) is 5.56 Å². The van der Waals surface area contributed by atoms with Gasteiger partial charge in [0, 0.05) is 6.07 Å². The number of nitro benzene ring substituents is 1. The number of nitro groups is 1. The van der Waals surface area contributed by atoms with Gasteiger partial charge < -0.3 is 0 Å². The number of hydrogen-bond acceptors (Lipinski definition) is 2. The summed E-state index contributed by atoms with van der Waals surface area (Å²) in [5, 5.41) is 10.3. The SMILES string of the molecule is C#Cc1ccccc1[N+](=O)[O-].c1cc2ccc1-2. The molecule has 0 spiro atoms. The Hall–Kier alpha value is -2.60. The second-order valence-corrected chi connectivity index (χ2v) is 3.50. The van der Waals surface area contributed by atoms with Crippen LogP contribution in [0.5, 0.6) is 0 Å². The van der Waals surface area contributed by atoms with Gasteiger partial charge in [0.25, 0.3) is 5.69 Å². The molecule has 3 nitrogen and oxygen atoms in total. The predicted octanol–water partition coefficient (Wildman–Crippen LogP) is 3.24. The molecule has 0 saturated heterocycles. The lowest BCUT2D eigenvalue weighted by Gasteiger charge is -2.10. The third-order valence-corrected chi connectivity index (χ3v) is 2.47. The average Bonchev–Trinajstić information content (AvgIpc) is 2.34. The molecule has 82 valence electrons. The molecule has 0 heterocycles. The minimum absolute atomic E-state index is 0.0185. The Labute approximate surface area is 98.9 Å². The molecule has 0 aliphatic heterocycles. The van der Waals surface area contributed by atoms with Crippen LogP contribution in [0.3, 0.4) is 0 Å². The van der Waals surface area contributed by atoms with Crippen LogP contribution in [0.4, 0.5) is 5.69 Å². The van der Waals surface area contributed by atoms with E-state index in [4.69, 9.17) is 6.42 Å². The quantitative estimate of drug-likeness (QED) is 0.361. The van der Waals surface area contributed by atoms with Crippen LogP contribution in [0.1, 0.15) is 5.56 Å². The fraction of sp³-hybridized carbons (Fsp3) is 0. The maximum atomic E-state index is 10.3. The summed E-state index contributed by atoms with van der Waals surface area (Å²) in [4.78, 5) is 9.80. The highest BCUT2D eigenvalue weighted by Gasteiger charge is 2.08. The van der Waals surface area contributed by atoms with Gasteiger partial charge in [-0.15, -0.1) is 6.42 Å². The molecule has 1 aromatic rings. The molecule has 3 heteroatoms. The molecule has 0 amide bonds. The zero-order valence-corrected chi connectivity index (χ0v) is 8.96. The monoisotopic (exact) mass is 223 g/mol. The predicted molar refractivity (Wildman–Crippen MR) is 66.5 cm³/mol. The molecule has 0 atom stereocenters. The average molecular weight is 223 g/mol. The molecule has 0 bridgehead atoms. The first-order valence-corrected chi connectivity index (χ1v) is 5.03. The minimum Gasteiger partial charge on any atom is -0.258 e. The van der Waals surface area contributed by atoms with Crippen molar-refractivity contribution in [2.45, 2.75) is 0 Å².